The quantitative estimate of drug-likeness (QED) is 0.923. The predicted molar refractivity (Wildman–Crippen MR) is 81.7 cm³/mol. The molecular weight excluding hydrogens is 274 g/mol. The summed E-state index contributed by atoms with van der Waals surface area (Å²) in [5.41, 5.74) is 0.408. The Labute approximate surface area is 124 Å². The highest BCUT2D eigenvalue weighted by Gasteiger charge is 2.20. The van der Waals surface area contributed by atoms with Crippen LogP contribution in [0, 0.1) is 0 Å². The summed E-state index contributed by atoms with van der Waals surface area (Å²) in [7, 11) is 0. The van der Waals surface area contributed by atoms with Crippen molar-refractivity contribution < 1.29 is 14.3 Å². The monoisotopic (exact) mass is 295 g/mol. The van der Waals surface area contributed by atoms with Gasteiger partial charge in [-0.1, -0.05) is 42.1 Å². The van der Waals surface area contributed by atoms with Crippen molar-refractivity contribution in [1.82, 2.24) is 5.32 Å². The van der Waals surface area contributed by atoms with Crippen LogP contribution in [0.5, 0.6) is 0 Å². The van der Waals surface area contributed by atoms with Crippen molar-refractivity contribution in [3.63, 3.8) is 0 Å². The van der Waals surface area contributed by atoms with Crippen molar-refractivity contribution in [3.05, 3.63) is 35.9 Å². The fraction of sp³-hybridized carbons (Fsp3) is 0.467. The van der Waals surface area contributed by atoms with Crippen molar-refractivity contribution in [1.29, 1.82) is 0 Å². The standard InChI is InChI=1S/C15H21NO3S/c1-11(17)20-10-13(12-8-6-5-7-9-12)16-14(18)19-15(2,3)4/h5-9,13H,10H2,1-4H3,(H,16,18). The highest BCUT2D eigenvalue weighted by Crippen LogP contribution is 2.19. The Bertz CT molecular complexity index is 454. The van der Waals surface area contributed by atoms with E-state index in [1.807, 2.05) is 51.1 Å². The third-order valence-electron chi connectivity index (χ3n) is 2.35. The maximum absolute atomic E-state index is 11.9. The van der Waals surface area contributed by atoms with E-state index in [2.05, 4.69) is 5.32 Å². The van der Waals surface area contributed by atoms with Gasteiger partial charge in [-0.3, -0.25) is 4.79 Å². The molecule has 1 N–H and O–H groups in total. The summed E-state index contributed by atoms with van der Waals surface area (Å²) in [4.78, 5) is 23.0. The molecule has 0 heterocycles. The van der Waals surface area contributed by atoms with E-state index < -0.39 is 11.7 Å². The first-order chi connectivity index (χ1) is 9.28. The highest BCUT2D eigenvalue weighted by molar-refractivity contribution is 8.13. The first-order valence-corrected chi connectivity index (χ1v) is 7.44. The highest BCUT2D eigenvalue weighted by atomic mass is 32.2. The Morgan fingerprint density at radius 1 is 1.25 bits per heavy atom. The van der Waals surface area contributed by atoms with Gasteiger partial charge >= 0.3 is 6.09 Å². The van der Waals surface area contributed by atoms with Crippen molar-refractivity contribution in [2.45, 2.75) is 39.3 Å². The average molecular weight is 295 g/mol. The lowest BCUT2D eigenvalue weighted by atomic mass is 10.1. The zero-order valence-corrected chi connectivity index (χ0v) is 13.1. The van der Waals surface area contributed by atoms with Gasteiger partial charge in [-0.05, 0) is 26.3 Å². The molecule has 20 heavy (non-hydrogen) atoms. The minimum Gasteiger partial charge on any atom is -0.444 e. The SMILES string of the molecule is CC(=O)SCC(NC(=O)OC(C)(C)C)c1ccccc1. The van der Waals surface area contributed by atoms with Crippen LogP contribution in [0.3, 0.4) is 0 Å². The van der Waals surface area contributed by atoms with Crippen LogP contribution in [0.15, 0.2) is 30.3 Å². The first kappa shape index (κ1) is 16.6. The van der Waals surface area contributed by atoms with Crippen molar-refractivity contribution in [3.8, 4) is 0 Å². The van der Waals surface area contributed by atoms with Crippen LogP contribution in [0.2, 0.25) is 0 Å². The Kier molecular flexibility index (Phi) is 6.07. The Hall–Kier alpha value is -1.49. The molecule has 0 radical (unpaired) electrons. The molecule has 0 saturated carbocycles. The molecule has 0 aromatic heterocycles. The van der Waals surface area contributed by atoms with Gasteiger partial charge in [-0.25, -0.2) is 4.79 Å². The van der Waals surface area contributed by atoms with Crippen molar-refractivity contribution in [2.24, 2.45) is 0 Å². The van der Waals surface area contributed by atoms with Crippen molar-refractivity contribution >= 4 is 23.0 Å². The molecule has 1 aromatic carbocycles. The van der Waals surface area contributed by atoms with E-state index in [0.29, 0.717) is 5.75 Å². The smallest absolute Gasteiger partial charge is 0.408 e. The van der Waals surface area contributed by atoms with E-state index in [0.717, 1.165) is 5.56 Å². The van der Waals surface area contributed by atoms with E-state index in [4.69, 9.17) is 4.74 Å². The van der Waals surface area contributed by atoms with E-state index in [9.17, 15) is 9.59 Å². The number of thioether (sulfide) groups is 1. The van der Waals surface area contributed by atoms with E-state index in [-0.39, 0.29) is 11.2 Å². The number of ether oxygens (including phenoxy) is 1. The number of alkyl carbamates (subject to hydrolysis) is 1. The van der Waals surface area contributed by atoms with Crippen LogP contribution < -0.4 is 5.32 Å². The fourth-order valence-electron chi connectivity index (χ4n) is 1.56. The summed E-state index contributed by atoms with van der Waals surface area (Å²) in [5.74, 6) is 0.485. The Morgan fingerprint density at radius 2 is 1.85 bits per heavy atom. The molecule has 1 atom stereocenters. The number of benzene rings is 1. The summed E-state index contributed by atoms with van der Waals surface area (Å²) in [6.45, 7) is 6.96. The fourth-order valence-corrected chi connectivity index (χ4v) is 2.23. The number of carbonyl (C=O) groups is 2. The molecule has 5 heteroatoms. The van der Waals surface area contributed by atoms with E-state index >= 15 is 0 Å². The van der Waals surface area contributed by atoms with Crippen LogP contribution in [-0.4, -0.2) is 22.6 Å². The number of hydrogen-bond acceptors (Lipinski definition) is 4. The Balaban J connectivity index is 2.73. The average Bonchev–Trinajstić information content (AvgIpc) is 2.33. The summed E-state index contributed by atoms with van der Waals surface area (Å²) in [6, 6.07) is 9.30. The van der Waals surface area contributed by atoms with Gasteiger partial charge in [0.25, 0.3) is 0 Å². The summed E-state index contributed by atoms with van der Waals surface area (Å²) >= 11 is 1.18. The third kappa shape index (κ3) is 6.61. The van der Waals surface area contributed by atoms with E-state index in [1.165, 1.54) is 18.7 Å². The number of amides is 1. The normalized spacial score (nSPS) is 12.6. The van der Waals surface area contributed by atoms with Crippen molar-refractivity contribution in [2.75, 3.05) is 5.75 Å². The molecule has 110 valence electrons. The molecule has 0 aliphatic rings. The van der Waals surface area contributed by atoms with Gasteiger partial charge in [0, 0.05) is 12.7 Å². The second-order valence-electron chi connectivity index (χ2n) is 5.41. The number of nitrogens with one attached hydrogen (secondary N) is 1. The summed E-state index contributed by atoms with van der Waals surface area (Å²) < 4.78 is 5.25. The second kappa shape index (κ2) is 7.33. The molecule has 0 fully saturated rings. The number of rotatable bonds is 4. The molecule has 0 bridgehead atoms. The third-order valence-corrected chi connectivity index (χ3v) is 3.25. The van der Waals surface area contributed by atoms with Crippen LogP contribution in [0.4, 0.5) is 4.79 Å². The molecule has 0 spiro atoms. The van der Waals surface area contributed by atoms with E-state index in [1.54, 1.807) is 0 Å². The number of carbonyl (C=O) groups excluding carboxylic acids is 2. The molecule has 1 unspecified atom stereocenters. The minimum absolute atomic E-state index is 0.0249. The van der Waals surface area contributed by atoms with Gasteiger partial charge in [0.05, 0.1) is 6.04 Å². The molecule has 1 aromatic rings. The summed E-state index contributed by atoms with van der Waals surface area (Å²) in [5, 5.41) is 2.84. The Morgan fingerprint density at radius 3 is 2.35 bits per heavy atom. The largest absolute Gasteiger partial charge is 0.444 e. The molecule has 0 aliphatic heterocycles. The van der Waals surface area contributed by atoms with Gasteiger partial charge in [-0.15, -0.1) is 0 Å². The molecule has 0 saturated heterocycles. The number of hydrogen-bond donors (Lipinski definition) is 1. The van der Waals surface area contributed by atoms with Gasteiger partial charge in [-0.2, -0.15) is 0 Å². The van der Waals surface area contributed by atoms with Gasteiger partial charge < -0.3 is 10.1 Å². The van der Waals surface area contributed by atoms with Gasteiger partial charge in [0.2, 0.25) is 0 Å². The molecular formula is C15H21NO3S. The second-order valence-corrected chi connectivity index (χ2v) is 6.61. The van der Waals surface area contributed by atoms with Crippen LogP contribution in [0.25, 0.3) is 0 Å². The van der Waals surface area contributed by atoms with Gasteiger partial charge in [0.1, 0.15) is 5.60 Å². The summed E-state index contributed by atoms with van der Waals surface area (Å²) in [6.07, 6.45) is -0.476. The maximum atomic E-state index is 11.9. The van der Waals surface area contributed by atoms with Crippen LogP contribution >= 0.6 is 11.8 Å². The maximum Gasteiger partial charge on any atom is 0.408 e. The minimum atomic E-state index is -0.543. The van der Waals surface area contributed by atoms with Crippen LogP contribution in [-0.2, 0) is 9.53 Å². The van der Waals surface area contributed by atoms with Gasteiger partial charge in [0.15, 0.2) is 5.12 Å². The molecule has 0 aliphatic carbocycles. The van der Waals surface area contributed by atoms with Crippen LogP contribution in [0.1, 0.15) is 39.3 Å². The lowest BCUT2D eigenvalue weighted by molar-refractivity contribution is -0.109. The molecule has 1 amide bonds. The zero-order chi connectivity index (χ0) is 15.2. The molecule has 1 rings (SSSR count). The topological polar surface area (TPSA) is 55.4 Å². The lowest BCUT2D eigenvalue weighted by Gasteiger charge is -2.23. The first-order valence-electron chi connectivity index (χ1n) is 6.46. The lowest BCUT2D eigenvalue weighted by Crippen LogP contribution is -2.36. The zero-order valence-electron chi connectivity index (χ0n) is 12.3. The predicted octanol–water partition coefficient (Wildman–Crippen LogP) is 3.53. The molecule has 4 nitrogen and oxygen atoms in total.